The van der Waals surface area contributed by atoms with E-state index in [1.165, 1.54) is 0 Å². The second kappa shape index (κ2) is 5.09. The number of ether oxygens (including phenoxy) is 1. The first-order valence-electron chi connectivity index (χ1n) is 7.45. The molecule has 0 aromatic carbocycles. The van der Waals surface area contributed by atoms with Crippen LogP contribution in [-0.4, -0.2) is 47.3 Å². The summed E-state index contributed by atoms with van der Waals surface area (Å²) in [5, 5.41) is 30.6. The van der Waals surface area contributed by atoms with Crippen LogP contribution in [0.1, 0.15) is 40.0 Å². The fourth-order valence-electron chi connectivity index (χ4n) is 4.82. The molecule has 0 radical (unpaired) electrons. The van der Waals surface area contributed by atoms with Crippen LogP contribution in [0.2, 0.25) is 0 Å². The monoisotopic (exact) mass is 284 g/mol. The Morgan fingerprint density at radius 1 is 1.25 bits per heavy atom. The van der Waals surface area contributed by atoms with Crippen molar-refractivity contribution in [2.24, 2.45) is 16.7 Å². The van der Waals surface area contributed by atoms with Crippen LogP contribution in [0.4, 0.5) is 0 Å². The van der Waals surface area contributed by atoms with Crippen molar-refractivity contribution >= 4 is 0 Å². The fourth-order valence-corrected chi connectivity index (χ4v) is 4.82. The van der Waals surface area contributed by atoms with Crippen LogP contribution in [0, 0.1) is 16.7 Å². The molecule has 2 aliphatic carbocycles. The molecule has 0 unspecified atom stereocenters. The molecule has 1 saturated carbocycles. The smallest absolute Gasteiger partial charge is 0.117 e. The van der Waals surface area contributed by atoms with Gasteiger partial charge in [-0.2, -0.15) is 0 Å². The molecule has 0 amide bonds. The summed E-state index contributed by atoms with van der Waals surface area (Å²) in [7, 11) is 1.67. The zero-order chi connectivity index (χ0) is 15.2. The third kappa shape index (κ3) is 1.97. The molecule has 0 aromatic heterocycles. The highest BCUT2D eigenvalue weighted by atomic mass is 16.5. The molecule has 2 aliphatic rings. The fraction of sp³-hybridized carbons (Fsp3) is 0.875. The van der Waals surface area contributed by atoms with E-state index in [1.54, 1.807) is 7.11 Å². The Bertz CT molecular complexity index is 403. The van der Waals surface area contributed by atoms with E-state index in [-0.39, 0.29) is 30.7 Å². The maximum atomic E-state index is 11.1. The van der Waals surface area contributed by atoms with Crippen molar-refractivity contribution in [3.8, 4) is 0 Å². The Hall–Kier alpha value is -0.420. The lowest BCUT2D eigenvalue weighted by molar-refractivity contribution is -0.192. The summed E-state index contributed by atoms with van der Waals surface area (Å²) in [6, 6.07) is 0. The summed E-state index contributed by atoms with van der Waals surface area (Å²) in [6.45, 7) is 5.83. The van der Waals surface area contributed by atoms with Gasteiger partial charge in [0.15, 0.2) is 0 Å². The lowest BCUT2D eigenvalue weighted by Crippen LogP contribution is -2.65. The van der Waals surface area contributed by atoms with E-state index in [4.69, 9.17) is 4.74 Å². The summed E-state index contributed by atoms with van der Waals surface area (Å²) in [5.41, 5.74) is -1.34. The van der Waals surface area contributed by atoms with Gasteiger partial charge in [0.25, 0.3) is 0 Å². The zero-order valence-corrected chi connectivity index (χ0v) is 13.0. The summed E-state index contributed by atoms with van der Waals surface area (Å²) in [5.74, 6) is 0.112. The molecule has 0 bridgehead atoms. The van der Waals surface area contributed by atoms with Gasteiger partial charge in [0, 0.05) is 18.4 Å². The van der Waals surface area contributed by atoms with Crippen molar-refractivity contribution < 1.29 is 20.1 Å². The Morgan fingerprint density at radius 2 is 1.90 bits per heavy atom. The van der Waals surface area contributed by atoms with Crippen molar-refractivity contribution in [3.63, 3.8) is 0 Å². The van der Waals surface area contributed by atoms with Crippen LogP contribution in [-0.2, 0) is 4.74 Å². The summed E-state index contributed by atoms with van der Waals surface area (Å²) in [6.07, 6.45) is 4.60. The van der Waals surface area contributed by atoms with Crippen LogP contribution in [0.25, 0.3) is 0 Å². The highest BCUT2D eigenvalue weighted by molar-refractivity contribution is 5.32. The predicted octanol–water partition coefficient (Wildman–Crippen LogP) is 1.49. The van der Waals surface area contributed by atoms with Crippen molar-refractivity contribution in [2.75, 3.05) is 20.3 Å². The molecule has 0 saturated heterocycles. The summed E-state index contributed by atoms with van der Waals surface area (Å²) in [4.78, 5) is 0. The third-order valence-corrected chi connectivity index (χ3v) is 5.89. The van der Waals surface area contributed by atoms with Crippen molar-refractivity contribution in [1.82, 2.24) is 0 Å². The number of fused-ring (bicyclic) bond motifs is 1. The third-order valence-electron chi connectivity index (χ3n) is 5.89. The van der Waals surface area contributed by atoms with E-state index in [1.807, 2.05) is 13.0 Å². The first kappa shape index (κ1) is 16.0. The molecule has 0 spiro atoms. The van der Waals surface area contributed by atoms with Gasteiger partial charge in [0.1, 0.15) is 5.60 Å². The van der Waals surface area contributed by atoms with Gasteiger partial charge in [-0.05, 0) is 23.8 Å². The number of methoxy groups -OCH3 is 1. The molecule has 2 rings (SSSR count). The predicted molar refractivity (Wildman–Crippen MR) is 77.2 cm³/mol. The Balaban J connectivity index is 2.61. The van der Waals surface area contributed by atoms with Gasteiger partial charge in [-0.25, -0.2) is 0 Å². The van der Waals surface area contributed by atoms with E-state index >= 15 is 0 Å². The van der Waals surface area contributed by atoms with Crippen molar-refractivity contribution in [3.05, 3.63) is 11.6 Å². The average Bonchev–Trinajstić information content (AvgIpc) is 2.39. The molecule has 20 heavy (non-hydrogen) atoms. The van der Waals surface area contributed by atoms with E-state index in [9.17, 15) is 15.3 Å². The Kier molecular flexibility index (Phi) is 4.06. The van der Waals surface area contributed by atoms with Crippen molar-refractivity contribution in [2.45, 2.75) is 51.7 Å². The number of hydrogen-bond donors (Lipinski definition) is 3. The second-order valence-corrected chi connectivity index (χ2v) is 7.31. The van der Waals surface area contributed by atoms with Gasteiger partial charge in [0.05, 0.1) is 19.3 Å². The van der Waals surface area contributed by atoms with E-state index in [2.05, 4.69) is 13.8 Å². The van der Waals surface area contributed by atoms with Crippen molar-refractivity contribution in [1.29, 1.82) is 0 Å². The van der Waals surface area contributed by atoms with Crippen LogP contribution in [0.5, 0.6) is 0 Å². The van der Waals surface area contributed by atoms with E-state index in [0.29, 0.717) is 5.57 Å². The minimum atomic E-state index is -1.36. The molecule has 3 N–H and O–H groups in total. The summed E-state index contributed by atoms with van der Waals surface area (Å²) < 4.78 is 5.65. The number of aliphatic hydroxyl groups is 3. The standard InChI is InChI=1S/C16H28O4/c1-14(2)6-5-7-15(3)13(14)12(20-4)8-11(9-17)16(15,19)10-18/h8,12-13,17-19H,5-7,9-10H2,1-4H3/t12-,13+,15+,16-/m1/s1. The molecule has 0 aromatic rings. The Labute approximate surface area is 121 Å². The van der Waals surface area contributed by atoms with Gasteiger partial charge < -0.3 is 20.1 Å². The minimum Gasteiger partial charge on any atom is -0.393 e. The van der Waals surface area contributed by atoms with Gasteiger partial charge >= 0.3 is 0 Å². The van der Waals surface area contributed by atoms with Crippen LogP contribution >= 0.6 is 0 Å². The highest BCUT2D eigenvalue weighted by Crippen LogP contribution is 2.61. The maximum absolute atomic E-state index is 11.1. The Morgan fingerprint density at radius 3 is 2.40 bits per heavy atom. The molecular formula is C16H28O4. The van der Waals surface area contributed by atoms with Crippen LogP contribution in [0.15, 0.2) is 11.6 Å². The topological polar surface area (TPSA) is 69.9 Å². The van der Waals surface area contributed by atoms with E-state index < -0.39 is 11.0 Å². The summed E-state index contributed by atoms with van der Waals surface area (Å²) >= 11 is 0. The van der Waals surface area contributed by atoms with Crippen LogP contribution < -0.4 is 0 Å². The molecule has 1 fully saturated rings. The first-order valence-corrected chi connectivity index (χ1v) is 7.45. The molecule has 116 valence electrons. The molecule has 0 heterocycles. The van der Waals surface area contributed by atoms with Gasteiger partial charge in [-0.15, -0.1) is 0 Å². The quantitative estimate of drug-likeness (QED) is 0.687. The molecule has 0 aliphatic heterocycles. The van der Waals surface area contributed by atoms with Gasteiger partial charge in [0.2, 0.25) is 0 Å². The molecular weight excluding hydrogens is 256 g/mol. The number of hydrogen-bond acceptors (Lipinski definition) is 4. The first-order chi connectivity index (χ1) is 9.26. The highest BCUT2D eigenvalue weighted by Gasteiger charge is 2.62. The van der Waals surface area contributed by atoms with Gasteiger partial charge in [-0.3, -0.25) is 0 Å². The normalized spacial score (nSPS) is 43.9. The second-order valence-electron chi connectivity index (χ2n) is 7.31. The minimum absolute atomic E-state index is 0.0221. The average molecular weight is 284 g/mol. The molecule has 4 nitrogen and oxygen atoms in total. The lowest BCUT2D eigenvalue weighted by Gasteiger charge is -2.61. The lowest BCUT2D eigenvalue weighted by atomic mass is 9.46. The zero-order valence-electron chi connectivity index (χ0n) is 13.0. The van der Waals surface area contributed by atoms with E-state index in [0.717, 1.165) is 19.3 Å². The number of aliphatic hydroxyl groups excluding tert-OH is 2. The maximum Gasteiger partial charge on any atom is 0.117 e. The molecule has 4 atom stereocenters. The van der Waals surface area contributed by atoms with Crippen LogP contribution in [0.3, 0.4) is 0 Å². The van der Waals surface area contributed by atoms with Gasteiger partial charge in [-0.1, -0.05) is 33.3 Å². The molecule has 4 heteroatoms. The SMILES string of the molecule is CO[C@@H]1C=C(CO)[C@](O)(CO)[C@@]2(C)CCCC(C)(C)[C@H]12. The largest absolute Gasteiger partial charge is 0.393 e. The number of rotatable bonds is 3.